The SMILES string of the molecule is CCCCCCC(=O)OCCOCCOCCOCCOCCOCCOCCO. The standard InChI is InChI=1S/C21H42O9/c1-2-3-4-5-6-21(23)30-20-19-29-18-17-28-16-15-27-14-13-26-12-11-25-10-9-24-8-7-22/h22H,2-20H2,1H3. The number of hydrogen-bond donors (Lipinski definition) is 1. The molecule has 0 rings (SSSR count). The van der Waals surface area contributed by atoms with Gasteiger partial charge in [0.1, 0.15) is 6.61 Å². The maximum atomic E-state index is 11.5. The Kier molecular flexibility index (Phi) is 25.5. The van der Waals surface area contributed by atoms with Crippen LogP contribution in [-0.4, -0.2) is 104 Å². The molecule has 0 bridgehead atoms. The van der Waals surface area contributed by atoms with Crippen molar-refractivity contribution < 1.29 is 43.1 Å². The van der Waals surface area contributed by atoms with Crippen LogP contribution in [0.2, 0.25) is 0 Å². The van der Waals surface area contributed by atoms with Crippen LogP contribution in [0.5, 0.6) is 0 Å². The summed E-state index contributed by atoms with van der Waals surface area (Å²) in [5.41, 5.74) is 0. The van der Waals surface area contributed by atoms with E-state index < -0.39 is 0 Å². The van der Waals surface area contributed by atoms with Gasteiger partial charge in [0.25, 0.3) is 0 Å². The molecule has 0 aromatic carbocycles. The molecule has 30 heavy (non-hydrogen) atoms. The van der Waals surface area contributed by atoms with Crippen LogP contribution in [0.4, 0.5) is 0 Å². The summed E-state index contributed by atoms with van der Waals surface area (Å²) in [6.07, 6.45) is 4.78. The predicted octanol–water partition coefficient (Wildman–Crippen LogP) is 1.59. The number of aliphatic hydroxyl groups excluding tert-OH is 1. The molecule has 0 aliphatic rings. The number of hydrogen-bond acceptors (Lipinski definition) is 9. The monoisotopic (exact) mass is 438 g/mol. The number of carbonyl (C=O) groups is 1. The van der Waals surface area contributed by atoms with Crippen molar-refractivity contribution in [1.29, 1.82) is 0 Å². The number of esters is 1. The highest BCUT2D eigenvalue weighted by Crippen LogP contribution is 2.03. The predicted molar refractivity (Wildman–Crippen MR) is 112 cm³/mol. The van der Waals surface area contributed by atoms with Crippen molar-refractivity contribution in [2.24, 2.45) is 0 Å². The van der Waals surface area contributed by atoms with E-state index in [9.17, 15) is 4.79 Å². The molecule has 0 atom stereocenters. The van der Waals surface area contributed by atoms with Crippen molar-refractivity contribution in [2.75, 3.05) is 92.5 Å². The summed E-state index contributed by atoms with van der Waals surface area (Å²) in [6.45, 7) is 8.09. The highest BCUT2D eigenvalue weighted by Gasteiger charge is 2.02. The minimum Gasteiger partial charge on any atom is -0.463 e. The molecule has 0 fully saturated rings. The van der Waals surface area contributed by atoms with Crippen LogP contribution in [-0.2, 0) is 38.0 Å². The van der Waals surface area contributed by atoms with Gasteiger partial charge in [-0.05, 0) is 6.42 Å². The minimum absolute atomic E-state index is 0.0277. The Morgan fingerprint density at radius 3 is 1.37 bits per heavy atom. The molecule has 0 aliphatic carbocycles. The van der Waals surface area contributed by atoms with E-state index in [-0.39, 0.29) is 19.2 Å². The van der Waals surface area contributed by atoms with E-state index >= 15 is 0 Å². The zero-order valence-electron chi connectivity index (χ0n) is 18.6. The fraction of sp³-hybridized carbons (Fsp3) is 0.952. The van der Waals surface area contributed by atoms with Crippen molar-refractivity contribution in [1.82, 2.24) is 0 Å². The van der Waals surface area contributed by atoms with Gasteiger partial charge in [-0.15, -0.1) is 0 Å². The topological polar surface area (TPSA) is 102 Å². The molecule has 9 nitrogen and oxygen atoms in total. The number of unbranched alkanes of at least 4 members (excludes halogenated alkanes) is 3. The molecule has 0 heterocycles. The summed E-state index contributed by atoms with van der Waals surface area (Å²) < 4.78 is 37.0. The van der Waals surface area contributed by atoms with Crippen molar-refractivity contribution in [3.8, 4) is 0 Å². The van der Waals surface area contributed by atoms with Gasteiger partial charge in [0.05, 0.1) is 85.9 Å². The van der Waals surface area contributed by atoms with Gasteiger partial charge in [0.2, 0.25) is 0 Å². The molecule has 0 spiro atoms. The number of carbonyl (C=O) groups excluding carboxylic acids is 1. The van der Waals surface area contributed by atoms with Crippen LogP contribution in [0.25, 0.3) is 0 Å². The molecule has 0 saturated heterocycles. The van der Waals surface area contributed by atoms with Gasteiger partial charge >= 0.3 is 5.97 Å². The average Bonchev–Trinajstić information content (AvgIpc) is 2.75. The van der Waals surface area contributed by atoms with E-state index in [1.165, 1.54) is 0 Å². The van der Waals surface area contributed by atoms with Gasteiger partial charge in [-0.1, -0.05) is 26.2 Å². The van der Waals surface area contributed by atoms with E-state index in [1.54, 1.807) is 0 Å². The van der Waals surface area contributed by atoms with Crippen molar-refractivity contribution >= 4 is 5.97 Å². The van der Waals surface area contributed by atoms with Crippen molar-refractivity contribution in [3.05, 3.63) is 0 Å². The molecule has 0 saturated carbocycles. The van der Waals surface area contributed by atoms with Crippen molar-refractivity contribution in [2.45, 2.75) is 39.0 Å². The molecule has 0 aromatic rings. The van der Waals surface area contributed by atoms with E-state index in [4.69, 9.17) is 38.3 Å². The van der Waals surface area contributed by atoms with Crippen molar-refractivity contribution in [3.63, 3.8) is 0 Å². The molecule has 0 unspecified atom stereocenters. The molecule has 0 amide bonds. The summed E-state index contributed by atoms with van der Waals surface area (Å²) in [6, 6.07) is 0. The first kappa shape index (κ1) is 29.2. The molecule has 0 aliphatic heterocycles. The van der Waals surface area contributed by atoms with Crippen LogP contribution in [0, 0.1) is 0 Å². The smallest absolute Gasteiger partial charge is 0.305 e. The molecule has 9 heteroatoms. The van der Waals surface area contributed by atoms with E-state index in [1.807, 2.05) is 0 Å². The van der Waals surface area contributed by atoms with Gasteiger partial charge in [-0.3, -0.25) is 4.79 Å². The summed E-state index contributed by atoms with van der Waals surface area (Å²) in [5, 5.41) is 8.53. The lowest BCUT2D eigenvalue weighted by atomic mass is 10.2. The van der Waals surface area contributed by atoms with Crippen LogP contribution in [0.1, 0.15) is 39.0 Å². The summed E-state index contributed by atoms with van der Waals surface area (Å²) in [5.74, 6) is -0.150. The second-order valence-electron chi connectivity index (χ2n) is 6.43. The minimum atomic E-state index is -0.150. The lowest BCUT2D eigenvalue weighted by Crippen LogP contribution is -2.15. The summed E-state index contributed by atoms with van der Waals surface area (Å²) >= 11 is 0. The third-order valence-corrected chi connectivity index (χ3v) is 3.82. The Morgan fingerprint density at radius 1 is 0.567 bits per heavy atom. The summed E-state index contributed by atoms with van der Waals surface area (Å²) in [7, 11) is 0. The van der Waals surface area contributed by atoms with Crippen LogP contribution in [0.15, 0.2) is 0 Å². The fourth-order valence-electron chi connectivity index (χ4n) is 2.25. The average molecular weight is 439 g/mol. The fourth-order valence-corrected chi connectivity index (χ4v) is 2.25. The van der Waals surface area contributed by atoms with Crippen LogP contribution >= 0.6 is 0 Å². The quantitative estimate of drug-likeness (QED) is 0.168. The Hall–Kier alpha value is -0.810. The molecule has 1 N–H and O–H groups in total. The van der Waals surface area contributed by atoms with Gasteiger partial charge in [-0.25, -0.2) is 0 Å². The number of rotatable bonds is 25. The zero-order chi connectivity index (χ0) is 22.0. The lowest BCUT2D eigenvalue weighted by molar-refractivity contribution is -0.145. The highest BCUT2D eigenvalue weighted by atomic mass is 16.6. The Morgan fingerprint density at radius 2 is 0.967 bits per heavy atom. The normalized spacial score (nSPS) is 11.1. The molecule has 180 valence electrons. The lowest BCUT2D eigenvalue weighted by Gasteiger charge is -2.08. The molecular formula is C21H42O9. The Bertz CT molecular complexity index is 342. The third-order valence-electron chi connectivity index (χ3n) is 3.82. The maximum Gasteiger partial charge on any atom is 0.305 e. The highest BCUT2D eigenvalue weighted by molar-refractivity contribution is 5.69. The molecular weight excluding hydrogens is 396 g/mol. The third kappa shape index (κ3) is 25.2. The summed E-state index contributed by atoms with van der Waals surface area (Å²) in [4.78, 5) is 11.5. The number of aliphatic hydroxyl groups is 1. The van der Waals surface area contributed by atoms with E-state index in [0.29, 0.717) is 85.7 Å². The van der Waals surface area contributed by atoms with E-state index in [0.717, 1.165) is 25.7 Å². The van der Waals surface area contributed by atoms with Gasteiger partial charge in [0.15, 0.2) is 0 Å². The maximum absolute atomic E-state index is 11.5. The first-order valence-electron chi connectivity index (χ1n) is 11.0. The van der Waals surface area contributed by atoms with Gasteiger partial charge in [-0.2, -0.15) is 0 Å². The first-order valence-corrected chi connectivity index (χ1v) is 11.0. The second-order valence-corrected chi connectivity index (χ2v) is 6.43. The van der Waals surface area contributed by atoms with Gasteiger partial charge in [0, 0.05) is 6.42 Å². The second kappa shape index (κ2) is 26.2. The molecule has 0 radical (unpaired) electrons. The first-order chi connectivity index (χ1) is 14.8. The van der Waals surface area contributed by atoms with Gasteiger partial charge < -0.3 is 38.3 Å². The zero-order valence-corrected chi connectivity index (χ0v) is 18.6. The molecule has 0 aromatic heterocycles. The Balaban J connectivity index is 3.07. The van der Waals surface area contributed by atoms with E-state index in [2.05, 4.69) is 6.92 Å². The van der Waals surface area contributed by atoms with Crippen LogP contribution < -0.4 is 0 Å². The largest absolute Gasteiger partial charge is 0.463 e. The Labute approximate surface area is 181 Å². The number of ether oxygens (including phenoxy) is 7. The van der Waals surface area contributed by atoms with Crippen LogP contribution in [0.3, 0.4) is 0 Å².